The van der Waals surface area contributed by atoms with E-state index in [1.165, 1.54) is 16.7 Å². The van der Waals surface area contributed by atoms with Gasteiger partial charge in [-0.3, -0.25) is 0 Å². The molecule has 2 N–H and O–H groups in total. The number of aromatic hydroxyl groups is 1. The number of nitrogens with one attached hydrogen (secondary N) is 1. The van der Waals surface area contributed by atoms with E-state index in [1.807, 2.05) is 19.1 Å². The Labute approximate surface area is 108 Å². The molecule has 18 heavy (non-hydrogen) atoms. The minimum absolute atomic E-state index is 0.358. The van der Waals surface area contributed by atoms with Gasteiger partial charge in [-0.05, 0) is 25.5 Å². The van der Waals surface area contributed by atoms with Crippen molar-refractivity contribution in [1.82, 2.24) is 5.32 Å². The SMILES string of the molecule is Cc1ccc(CNCc2cc(C)ccc2O)cc1. The van der Waals surface area contributed by atoms with E-state index in [1.54, 1.807) is 6.07 Å². The third-order valence-electron chi connectivity index (χ3n) is 3.00. The van der Waals surface area contributed by atoms with E-state index in [2.05, 4.69) is 36.5 Å². The van der Waals surface area contributed by atoms with Gasteiger partial charge >= 0.3 is 0 Å². The monoisotopic (exact) mass is 241 g/mol. The summed E-state index contributed by atoms with van der Waals surface area (Å²) in [4.78, 5) is 0. The molecule has 0 aliphatic rings. The van der Waals surface area contributed by atoms with Gasteiger partial charge in [0, 0.05) is 18.7 Å². The highest BCUT2D eigenvalue weighted by Gasteiger charge is 2.00. The average Bonchev–Trinajstić information content (AvgIpc) is 2.36. The molecule has 94 valence electrons. The summed E-state index contributed by atoms with van der Waals surface area (Å²) in [5, 5.41) is 13.1. The number of phenolic OH excluding ortho intramolecular Hbond substituents is 1. The Bertz CT molecular complexity index is 517. The Kier molecular flexibility index (Phi) is 4.00. The number of phenols is 1. The van der Waals surface area contributed by atoms with E-state index in [9.17, 15) is 5.11 Å². The average molecular weight is 241 g/mol. The lowest BCUT2D eigenvalue weighted by molar-refractivity contribution is 0.464. The van der Waals surface area contributed by atoms with Crippen LogP contribution in [-0.4, -0.2) is 5.11 Å². The second kappa shape index (κ2) is 5.69. The first-order chi connectivity index (χ1) is 8.65. The topological polar surface area (TPSA) is 32.3 Å². The van der Waals surface area contributed by atoms with Crippen molar-refractivity contribution in [3.8, 4) is 5.75 Å². The minimum Gasteiger partial charge on any atom is -0.508 e. The number of benzene rings is 2. The van der Waals surface area contributed by atoms with Gasteiger partial charge in [0.2, 0.25) is 0 Å². The molecule has 2 rings (SSSR count). The van der Waals surface area contributed by atoms with Crippen LogP contribution in [0, 0.1) is 13.8 Å². The summed E-state index contributed by atoms with van der Waals surface area (Å²) in [7, 11) is 0. The van der Waals surface area contributed by atoms with Gasteiger partial charge < -0.3 is 10.4 Å². The lowest BCUT2D eigenvalue weighted by Crippen LogP contribution is -2.12. The van der Waals surface area contributed by atoms with Crippen molar-refractivity contribution in [2.45, 2.75) is 26.9 Å². The number of hydrogen-bond donors (Lipinski definition) is 2. The number of aryl methyl sites for hydroxylation is 2. The Hall–Kier alpha value is -1.80. The van der Waals surface area contributed by atoms with E-state index < -0.39 is 0 Å². The zero-order valence-corrected chi connectivity index (χ0v) is 10.9. The first-order valence-electron chi connectivity index (χ1n) is 6.20. The molecule has 0 unspecified atom stereocenters. The van der Waals surface area contributed by atoms with Gasteiger partial charge in [0.15, 0.2) is 0 Å². The summed E-state index contributed by atoms with van der Waals surface area (Å²) in [6, 6.07) is 14.1. The van der Waals surface area contributed by atoms with Crippen LogP contribution in [-0.2, 0) is 13.1 Å². The number of rotatable bonds is 4. The first kappa shape index (κ1) is 12.7. The molecule has 2 heteroatoms. The molecule has 0 radical (unpaired) electrons. The van der Waals surface area contributed by atoms with Crippen LogP contribution in [0.25, 0.3) is 0 Å². The molecule has 0 amide bonds. The van der Waals surface area contributed by atoms with E-state index in [0.717, 1.165) is 12.1 Å². The van der Waals surface area contributed by atoms with Gasteiger partial charge in [-0.1, -0.05) is 47.5 Å². The normalized spacial score (nSPS) is 10.6. The van der Waals surface area contributed by atoms with Crippen LogP contribution in [0.3, 0.4) is 0 Å². The molecular weight excluding hydrogens is 222 g/mol. The molecule has 0 heterocycles. The fraction of sp³-hybridized carbons (Fsp3) is 0.250. The largest absolute Gasteiger partial charge is 0.508 e. The van der Waals surface area contributed by atoms with Crippen molar-refractivity contribution in [2.24, 2.45) is 0 Å². The Balaban J connectivity index is 1.92. The molecule has 0 atom stereocenters. The molecule has 0 aliphatic carbocycles. The van der Waals surface area contributed by atoms with E-state index in [0.29, 0.717) is 12.3 Å². The molecule has 0 saturated carbocycles. The molecule has 0 aromatic heterocycles. The van der Waals surface area contributed by atoms with Gasteiger partial charge in [-0.15, -0.1) is 0 Å². The maximum atomic E-state index is 9.73. The summed E-state index contributed by atoms with van der Waals surface area (Å²) in [5.74, 6) is 0.358. The first-order valence-corrected chi connectivity index (χ1v) is 6.20. The number of hydrogen-bond acceptors (Lipinski definition) is 2. The van der Waals surface area contributed by atoms with Gasteiger partial charge in [-0.2, -0.15) is 0 Å². The zero-order valence-electron chi connectivity index (χ0n) is 10.9. The maximum absolute atomic E-state index is 9.73. The van der Waals surface area contributed by atoms with Crippen molar-refractivity contribution in [3.05, 3.63) is 64.7 Å². The second-order valence-electron chi connectivity index (χ2n) is 4.72. The lowest BCUT2D eigenvalue weighted by atomic mass is 10.1. The van der Waals surface area contributed by atoms with E-state index in [4.69, 9.17) is 0 Å². The summed E-state index contributed by atoms with van der Waals surface area (Å²) < 4.78 is 0. The molecule has 0 spiro atoms. The summed E-state index contributed by atoms with van der Waals surface area (Å²) in [6.45, 7) is 5.61. The fourth-order valence-electron chi connectivity index (χ4n) is 1.90. The second-order valence-corrected chi connectivity index (χ2v) is 4.72. The highest BCUT2D eigenvalue weighted by Crippen LogP contribution is 2.17. The molecule has 2 nitrogen and oxygen atoms in total. The van der Waals surface area contributed by atoms with Gasteiger partial charge in [-0.25, -0.2) is 0 Å². The molecule has 2 aromatic rings. The maximum Gasteiger partial charge on any atom is 0.120 e. The van der Waals surface area contributed by atoms with Crippen molar-refractivity contribution >= 4 is 0 Å². The lowest BCUT2D eigenvalue weighted by Gasteiger charge is -2.08. The minimum atomic E-state index is 0.358. The highest BCUT2D eigenvalue weighted by atomic mass is 16.3. The quantitative estimate of drug-likeness (QED) is 0.860. The van der Waals surface area contributed by atoms with Crippen molar-refractivity contribution in [2.75, 3.05) is 0 Å². The van der Waals surface area contributed by atoms with E-state index in [-0.39, 0.29) is 0 Å². The fourth-order valence-corrected chi connectivity index (χ4v) is 1.90. The van der Waals surface area contributed by atoms with Crippen LogP contribution in [0.5, 0.6) is 5.75 Å². The molecular formula is C16H19NO. The molecule has 0 saturated heterocycles. The molecule has 0 aliphatic heterocycles. The standard InChI is InChI=1S/C16H19NO/c1-12-3-6-14(7-4-12)10-17-11-15-9-13(2)5-8-16(15)18/h3-9,17-18H,10-11H2,1-2H3. The highest BCUT2D eigenvalue weighted by molar-refractivity contribution is 5.35. The molecule has 0 fully saturated rings. The smallest absolute Gasteiger partial charge is 0.120 e. The Morgan fingerprint density at radius 3 is 2.28 bits per heavy atom. The van der Waals surface area contributed by atoms with Gasteiger partial charge in [0.25, 0.3) is 0 Å². The van der Waals surface area contributed by atoms with Crippen LogP contribution in [0.2, 0.25) is 0 Å². The summed E-state index contributed by atoms with van der Waals surface area (Å²) in [6.07, 6.45) is 0. The van der Waals surface area contributed by atoms with Crippen molar-refractivity contribution in [3.63, 3.8) is 0 Å². The predicted molar refractivity (Wildman–Crippen MR) is 74.6 cm³/mol. The third kappa shape index (κ3) is 3.34. The van der Waals surface area contributed by atoms with Gasteiger partial charge in [0.1, 0.15) is 5.75 Å². The predicted octanol–water partition coefficient (Wildman–Crippen LogP) is 3.30. The summed E-state index contributed by atoms with van der Waals surface area (Å²) in [5.41, 5.74) is 4.64. The third-order valence-corrected chi connectivity index (χ3v) is 3.00. The van der Waals surface area contributed by atoms with Crippen molar-refractivity contribution in [1.29, 1.82) is 0 Å². The van der Waals surface area contributed by atoms with E-state index >= 15 is 0 Å². The molecule has 2 aromatic carbocycles. The molecule has 0 bridgehead atoms. The van der Waals surface area contributed by atoms with Crippen LogP contribution in [0.1, 0.15) is 22.3 Å². The summed E-state index contributed by atoms with van der Waals surface area (Å²) >= 11 is 0. The van der Waals surface area contributed by atoms with Crippen LogP contribution in [0.15, 0.2) is 42.5 Å². The van der Waals surface area contributed by atoms with Crippen LogP contribution in [0.4, 0.5) is 0 Å². The Morgan fingerprint density at radius 1 is 0.889 bits per heavy atom. The van der Waals surface area contributed by atoms with Crippen LogP contribution >= 0.6 is 0 Å². The van der Waals surface area contributed by atoms with Gasteiger partial charge in [0.05, 0.1) is 0 Å². The Morgan fingerprint density at radius 2 is 1.56 bits per heavy atom. The zero-order chi connectivity index (χ0) is 13.0. The van der Waals surface area contributed by atoms with Crippen LogP contribution < -0.4 is 5.32 Å². The van der Waals surface area contributed by atoms with Crippen molar-refractivity contribution < 1.29 is 5.11 Å².